The average molecular weight is 281 g/mol. The number of benzene rings is 1. The van der Waals surface area contributed by atoms with Crippen LogP contribution in [0.15, 0.2) is 54.7 Å². The molecule has 1 aromatic carbocycles. The molecule has 0 radical (unpaired) electrons. The molecular formula is C16H15N3O2. The van der Waals surface area contributed by atoms with Crippen LogP contribution in [0.5, 0.6) is 0 Å². The minimum absolute atomic E-state index is 0.227. The lowest BCUT2D eigenvalue weighted by atomic mass is 10.1. The van der Waals surface area contributed by atoms with Crippen molar-refractivity contribution in [1.82, 2.24) is 9.38 Å². The number of imidazole rings is 1. The van der Waals surface area contributed by atoms with Gasteiger partial charge in [-0.1, -0.05) is 36.4 Å². The molecule has 0 saturated carbocycles. The first-order valence-corrected chi connectivity index (χ1v) is 6.66. The first-order chi connectivity index (χ1) is 10.2. The number of hydrogen-bond donors (Lipinski definition) is 2. The van der Waals surface area contributed by atoms with E-state index in [2.05, 4.69) is 4.98 Å². The van der Waals surface area contributed by atoms with Gasteiger partial charge in [0.1, 0.15) is 11.7 Å². The summed E-state index contributed by atoms with van der Waals surface area (Å²) in [4.78, 5) is 15.7. The zero-order valence-electron chi connectivity index (χ0n) is 11.3. The second kappa shape index (κ2) is 5.38. The van der Waals surface area contributed by atoms with Gasteiger partial charge < -0.3 is 15.2 Å². The van der Waals surface area contributed by atoms with Gasteiger partial charge in [-0.25, -0.2) is 4.98 Å². The fourth-order valence-electron chi connectivity index (χ4n) is 2.36. The van der Waals surface area contributed by atoms with E-state index in [9.17, 15) is 4.79 Å². The Bertz CT molecular complexity index is 781. The van der Waals surface area contributed by atoms with Crippen molar-refractivity contribution in [2.24, 2.45) is 5.73 Å². The van der Waals surface area contributed by atoms with Crippen LogP contribution in [0.3, 0.4) is 0 Å². The molecule has 0 bridgehead atoms. The van der Waals surface area contributed by atoms with Gasteiger partial charge in [0.15, 0.2) is 0 Å². The number of aromatic nitrogens is 2. The number of hydrogen-bond acceptors (Lipinski definition) is 3. The molecule has 2 aromatic heterocycles. The predicted molar refractivity (Wildman–Crippen MR) is 79.9 cm³/mol. The molecule has 5 nitrogen and oxygen atoms in total. The summed E-state index contributed by atoms with van der Waals surface area (Å²) in [7, 11) is 0. The molecular weight excluding hydrogens is 266 g/mol. The van der Waals surface area contributed by atoms with E-state index in [4.69, 9.17) is 10.8 Å². The van der Waals surface area contributed by atoms with Gasteiger partial charge in [-0.2, -0.15) is 0 Å². The van der Waals surface area contributed by atoms with Crippen LogP contribution in [0.2, 0.25) is 0 Å². The Morgan fingerprint density at radius 3 is 2.62 bits per heavy atom. The minimum Gasteiger partial charge on any atom is -0.480 e. The highest BCUT2D eigenvalue weighted by molar-refractivity contribution is 5.75. The molecule has 3 rings (SSSR count). The van der Waals surface area contributed by atoms with Crippen LogP contribution in [0.1, 0.15) is 5.69 Å². The van der Waals surface area contributed by atoms with E-state index in [0.717, 1.165) is 22.6 Å². The third-order valence-electron chi connectivity index (χ3n) is 3.41. The molecule has 0 aliphatic rings. The number of carbonyl (C=O) groups is 1. The molecule has 0 spiro atoms. The highest BCUT2D eigenvalue weighted by Gasteiger charge is 2.19. The van der Waals surface area contributed by atoms with E-state index in [0.29, 0.717) is 0 Å². The predicted octanol–water partition coefficient (Wildman–Crippen LogP) is 1.96. The van der Waals surface area contributed by atoms with E-state index < -0.39 is 12.0 Å². The van der Waals surface area contributed by atoms with Crippen molar-refractivity contribution in [2.45, 2.75) is 12.5 Å². The average Bonchev–Trinajstić information content (AvgIpc) is 2.87. The SMILES string of the molecule is NC(Cc1c(-c2ccccc2)nc2ccccn12)C(=O)O. The summed E-state index contributed by atoms with van der Waals surface area (Å²) in [5.74, 6) is -1.01. The molecule has 3 N–H and O–H groups in total. The van der Waals surface area contributed by atoms with E-state index in [1.807, 2.05) is 59.1 Å². The van der Waals surface area contributed by atoms with Crippen molar-refractivity contribution in [3.8, 4) is 11.3 Å². The van der Waals surface area contributed by atoms with Gasteiger partial charge in [-0.05, 0) is 12.1 Å². The van der Waals surface area contributed by atoms with E-state index in [1.54, 1.807) is 0 Å². The normalized spacial score (nSPS) is 12.4. The lowest BCUT2D eigenvalue weighted by Crippen LogP contribution is -2.32. The molecule has 0 amide bonds. The standard InChI is InChI=1S/C16H15N3O2/c17-12(16(20)21)10-13-15(11-6-2-1-3-7-11)18-14-8-4-5-9-19(13)14/h1-9,12H,10,17H2,(H,20,21). The topological polar surface area (TPSA) is 80.6 Å². The summed E-state index contributed by atoms with van der Waals surface area (Å²) in [5.41, 5.74) is 9.03. The Balaban J connectivity index is 2.17. The van der Waals surface area contributed by atoms with E-state index >= 15 is 0 Å². The van der Waals surface area contributed by atoms with E-state index in [-0.39, 0.29) is 6.42 Å². The zero-order chi connectivity index (χ0) is 14.8. The highest BCUT2D eigenvalue weighted by atomic mass is 16.4. The summed E-state index contributed by atoms with van der Waals surface area (Å²) >= 11 is 0. The summed E-state index contributed by atoms with van der Waals surface area (Å²) in [6, 6.07) is 14.4. The minimum atomic E-state index is -1.01. The maximum atomic E-state index is 11.1. The molecule has 3 aromatic rings. The van der Waals surface area contributed by atoms with Crippen LogP contribution in [-0.4, -0.2) is 26.5 Å². The van der Waals surface area contributed by atoms with Gasteiger partial charge >= 0.3 is 5.97 Å². The van der Waals surface area contributed by atoms with Crippen molar-refractivity contribution in [2.75, 3.05) is 0 Å². The van der Waals surface area contributed by atoms with Gasteiger partial charge in [-0.3, -0.25) is 4.79 Å². The van der Waals surface area contributed by atoms with Crippen LogP contribution in [0, 0.1) is 0 Å². The smallest absolute Gasteiger partial charge is 0.320 e. The third-order valence-corrected chi connectivity index (χ3v) is 3.41. The highest BCUT2D eigenvalue weighted by Crippen LogP contribution is 2.25. The van der Waals surface area contributed by atoms with Crippen LogP contribution in [0.4, 0.5) is 0 Å². The molecule has 0 aliphatic carbocycles. The van der Waals surface area contributed by atoms with Crippen LogP contribution in [-0.2, 0) is 11.2 Å². The monoisotopic (exact) mass is 281 g/mol. The second-order valence-electron chi connectivity index (χ2n) is 4.85. The Labute approximate surface area is 121 Å². The second-order valence-corrected chi connectivity index (χ2v) is 4.85. The number of nitrogens with zero attached hydrogens (tertiary/aromatic N) is 2. The molecule has 21 heavy (non-hydrogen) atoms. The lowest BCUT2D eigenvalue weighted by Gasteiger charge is -2.08. The molecule has 0 fully saturated rings. The first kappa shape index (κ1) is 13.3. The maximum Gasteiger partial charge on any atom is 0.320 e. The van der Waals surface area contributed by atoms with Gasteiger partial charge in [0.2, 0.25) is 0 Å². The molecule has 0 saturated heterocycles. The van der Waals surface area contributed by atoms with Crippen LogP contribution >= 0.6 is 0 Å². The van der Waals surface area contributed by atoms with Crippen molar-refractivity contribution in [3.63, 3.8) is 0 Å². The van der Waals surface area contributed by atoms with Crippen LogP contribution in [0.25, 0.3) is 16.9 Å². The largest absolute Gasteiger partial charge is 0.480 e. The number of carboxylic acids is 1. The van der Waals surface area contributed by atoms with Gasteiger partial charge in [0, 0.05) is 18.2 Å². The number of carboxylic acid groups (broad SMARTS) is 1. The zero-order valence-corrected chi connectivity index (χ0v) is 11.3. The lowest BCUT2D eigenvalue weighted by molar-refractivity contribution is -0.138. The number of pyridine rings is 1. The van der Waals surface area contributed by atoms with Gasteiger partial charge in [0.05, 0.1) is 11.4 Å². The Hall–Kier alpha value is -2.66. The van der Waals surface area contributed by atoms with Gasteiger partial charge in [-0.15, -0.1) is 0 Å². The Morgan fingerprint density at radius 2 is 1.90 bits per heavy atom. The summed E-state index contributed by atoms with van der Waals surface area (Å²) in [5, 5.41) is 9.06. The number of aliphatic carboxylic acids is 1. The quantitative estimate of drug-likeness (QED) is 0.766. The summed E-state index contributed by atoms with van der Waals surface area (Å²) in [6.45, 7) is 0. The first-order valence-electron chi connectivity index (χ1n) is 6.66. The fraction of sp³-hybridized carbons (Fsp3) is 0.125. The van der Waals surface area contributed by atoms with Gasteiger partial charge in [0.25, 0.3) is 0 Å². The molecule has 1 unspecified atom stereocenters. The summed E-state index contributed by atoms with van der Waals surface area (Å²) < 4.78 is 1.89. The Kier molecular flexibility index (Phi) is 3.41. The Morgan fingerprint density at radius 1 is 1.19 bits per heavy atom. The molecule has 5 heteroatoms. The van der Waals surface area contributed by atoms with E-state index in [1.165, 1.54) is 0 Å². The maximum absolute atomic E-state index is 11.1. The van der Waals surface area contributed by atoms with Crippen LogP contribution < -0.4 is 5.73 Å². The molecule has 2 heterocycles. The van der Waals surface area contributed by atoms with Crippen molar-refractivity contribution >= 4 is 11.6 Å². The molecule has 0 aliphatic heterocycles. The number of fused-ring (bicyclic) bond motifs is 1. The van der Waals surface area contributed by atoms with Crippen molar-refractivity contribution in [3.05, 3.63) is 60.4 Å². The summed E-state index contributed by atoms with van der Waals surface area (Å²) in [6.07, 6.45) is 2.10. The number of nitrogens with two attached hydrogens (primary N) is 1. The third kappa shape index (κ3) is 2.51. The molecule has 106 valence electrons. The fourth-order valence-corrected chi connectivity index (χ4v) is 2.36. The van der Waals surface area contributed by atoms with Crippen molar-refractivity contribution in [1.29, 1.82) is 0 Å². The molecule has 1 atom stereocenters. The number of rotatable bonds is 4. The van der Waals surface area contributed by atoms with Crippen molar-refractivity contribution < 1.29 is 9.90 Å².